The molecule has 2 aliphatic rings. The molecule has 1 saturated carbocycles. The van der Waals surface area contributed by atoms with Gasteiger partial charge in [-0.15, -0.1) is 10.2 Å². The Labute approximate surface area is 179 Å². The van der Waals surface area contributed by atoms with Gasteiger partial charge in [0.05, 0.1) is 0 Å². The van der Waals surface area contributed by atoms with Gasteiger partial charge in [-0.25, -0.2) is 0 Å². The van der Waals surface area contributed by atoms with Crippen LogP contribution in [0.2, 0.25) is 0 Å². The van der Waals surface area contributed by atoms with Gasteiger partial charge in [-0.2, -0.15) is 0 Å². The summed E-state index contributed by atoms with van der Waals surface area (Å²) >= 11 is 1.30. The number of amides is 2. The quantitative estimate of drug-likeness (QED) is 0.686. The molecule has 0 spiro atoms. The van der Waals surface area contributed by atoms with Crippen LogP contribution in [0.1, 0.15) is 45.4 Å². The van der Waals surface area contributed by atoms with Gasteiger partial charge in [0.25, 0.3) is 0 Å². The Morgan fingerprint density at radius 1 is 1.17 bits per heavy atom. The fourth-order valence-corrected chi connectivity index (χ4v) is 4.63. The third kappa shape index (κ3) is 4.72. The van der Waals surface area contributed by atoms with Gasteiger partial charge in [-0.05, 0) is 37.5 Å². The Bertz CT molecular complexity index is 910. The molecule has 1 aromatic heterocycles. The first-order chi connectivity index (χ1) is 14.6. The van der Waals surface area contributed by atoms with E-state index >= 15 is 0 Å². The number of aromatic nitrogens is 2. The monoisotopic (exact) mass is 430 g/mol. The molecule has 30 heavy (non-hydrogen) atoms. The fourth-order valence-electron chi connectivity index (χ4n) is 3.87. The molecule has 2 aromatic rings. The number of benzene rings is 1. The molecule has 1 aliphatic carbocycles. The maximum absolute atomic E-state index is 12.7. The molecule has 0 bridgehead atoms. The number of ether oxygens (including phenoxy) is 2. The molecule has 1 fully saturated rings. The number of hydrogen-bond donors (Lipinski definition) is 1. The number of nitrogens with zero attached hydrogens (tertiary/aromatic N) is 3. The zero-order chi connectivity index (χ0) is 20.9. The van der Waals surface area contributed by atoms with Gasteiger partial charge in [0.2, 0.25) is 23.7 Å². The molecule has 2 heterocycles. The molecule has 4 rings (SSSR count). The summed E-state index contributed by atoms with van der Waals surface area (Å²) in [5.74, 6) is 1.55. The van der Waals surface area contributed by atoms with E-state index in [1.807, 2.05) is 30.0 Å². The van der Waals surface area contributed by atoms with Crippen LogP contribution in [0.15, 0.2) is 18.2 Å². The molecule has 0 radical (unpaired) electrons. The van der Waals surface area contributed by atoms with Gasteiger partial charge < -0.3 is 19.7 Å². The second kappa shape index (κ2) is 9.42. The Morgan fingerprint density at radius 2 is 1.97 bits per heavy atom. The lowest BCUT2D eigenvalue weighted by Gasteiger charge is -2.25. The SMILES string of the molecule is CCCN(CCC(=O)Nc1nnc(-c2ccc3c(c2)OCO3)s1)C(=O)C1CCCC1. The maximum Gasteiger partial charge on any atom is 0.231 e. The molecule has 0 saturated heterocycles. The van der Waals surface area contributed by atoms with E-state index in [2.05, 4.69) is 15.5 Å². The highest BCUT2D eigenvalue weighted by atomic mass is 32.1. The molecule has 1 N–H and O–H groups in total. The summed E-state index contributed by atoms with van der Waals surface area (Å²) < 4.78 is 10.7. The Kier molecular flexibility index (Phi) is 6.47. The van der Waals surface area contributed by atoms with Crippen molar-refractivity contribution >= 4 is 28.3 Å². The van der Waals surface area contributed by atoms with Crippen LogP contribution < -0.4 is 14.8 Å². The summed E-state index contributed by atoms with van der Waals surface area (Å²) in [5, 5.41) is 12.2. The lowest BCUT2D eigenvalue weighted by Crippen LogP contribution is -2.38. The number of nitrogens with one attached hydrogen (secondary N) is 1. The largest absolute Gasteiger partial charge is 0.454 e. The number of carbonyl (C=O) groups excluding carboxylic acids is 2. The zero-order valence-electron chi connectivity index (χ0n) is 17.1. The Hall–Kier alpha value is -2.68. The van der Waals surface area contributed by atoms with Gasteiger partial charge in [-0.1, -0.05) is 31.1 Å². The first-order valence-electron chi connectivity index (χ1n) is 10.5. The number of rotatable bonds is 8. The minimum Gasteiger partial charge on any atom is -0.454 e. The zero-order valence-corrected chi connectivity index (χ0v) is 17.9. The van der Waals surface area contributed by atoms with E-state index in [-0.39, 0.29) is 30.9 Å². The van der Waals surface area contributed by atoms with Crippen LogP contribution in [0.4, 0.5) is 5.13 Å². The Morgan fingerprint density at radius 3 is 2.77 bits per heavy atom. The van der Waals surface area contributed by atoms with Crippen LogP contribution in [0.5, 0.6) is 11.5 Å². The molecule has 1 aliphatic heterocycles. The van der Waals surface area contributed by atoms with Crippen molar-refractivity contribution in [1.29, 1.82) is 0 Å². The van der Waals surface area contributed by atoms with E-state index in [9.17, 15) is 9.59 Å². The molecule has 9 heteroatoms. The molecule has 160 valence electrons. The molecule has 0 unspecified atom stereocenters. The van der Waals surface area contributed by atoms with E-state index in [0.717, 1.165) is 37.7 Å². The number of fused-ring (bicyclic) bond motifs is 1. The van der Waals surface area contributed by atoms with Crippen molar-refractivity contribution in [3.63, 3.8) is 0 Å². The van der Waals surface area contributed by atoms with Crippen molar-refractivity contribution in [2.24, 2.45) is 5.92 Å². The first-order valence-corrected chi connectivity index (χ1v) is 11.3. The van der Waals surface area contributed by atoms with Crippen molar-refractivity contribution < 1.29 is 19.1 Å². The summed E-state index contributed by atoms with van der Waals surface area (Å²) in [5.41, 5.74) is 0.855. The van der Waals surface area contributed by atoms with E-state index in [1.54, 1.807) is 0 Å². The van der Waals surface area contributed by atoms with Crippen LogP contribution in [-0.4, -0.2) is 46.8 Å². The molecule has 8 nitrogen and oxygen atoms in total. The predicted octanol–water partition coefficient (Wildman–Crippen LogP) is 3.69. The molecule has 0 atom stereocenters. The number of anilines is 1. The number of hydrogen-bond acceptors (Lipinski definition) is 7. The standard InChI is InChI=1S/C21H26N4O4S/c1-2-10-25(20(27)14-5-3-4-6-14)11-9-18(26)22-21-24-23-19(30-21)15-7-8-16-17(12-15)29-13-28-16/h7-8,12,14H,2-6,9-11,13H2,1H3,(H,22,24,26). The second-order valence-corrected chi connectivity index (χ2v) is 8.56. The normalized spacial score (nSPS) is 15.4. The van der Waals surface area contributed by atoms with Gasteiger partial charge in [0.1, 0.15) is 5.01 Å². The molecule has 2 amide bonds. The van der Waals surface area contributed by atoms with Crippen molar-refractivity contribution in [2.45, 2.75) is 45.4 Å². The molecule has 1 aromatic carbocycles. The summed E-state index contributed by atoms with van der Waals surface area (Å²) in [6, 6.07) is 5.57. The lowest BCUT2D eigenvalue weighted by molar-refractivity contribution is -0.135. The minimum absolute atomic E-state index is 0.132. The van der Waals surface area contributed by atoms with Crippen LogP contribution in [-0.2, 0) is 9.59 Å². The lowest BCUT2D eigenvalue weighted by atomic mass is 10.1. The van der Waals surface area contributed by atoms with Crippen LogP contribution in [0.3, 0.4) is 0 Å². The fraction of sp³-hybridized carbons (Fsp3) is 0.524. The van der Waals surface area contributed by atoms with Gasteiger partial charge in [-0.3, -0.25) is 9.59 Å². The highest BCUT2D eigenvalue weighted by molar-refractivity contribution is 7.18. The topological polar surface area (TPSA) is 93.7 Å². The van der Waals surface area contributed by atoms with E-state index < -0.39 is 0 Å². The Balaban J connectivity index is 1.32. The maximum atomic E-state index is 12.7. The first kappa shape index (κ1) is 20.6. The van der Waals surface area contributed by atoms with E-state index in [0.29, 0.717) is 34.7 Å². The average Bonchev–Trinajstić information content (AvgIpc) is 3.51. The van der Waals surface area contributed by atoms with Crippen LogP contribution >= 0.6 is 11.3 Å². The van der Waals surface area contributed by atoms with Crippen molar-refractivity contribution in [2.75, 3.05) is 25.2 Å². The third-order valence-corrected chi connectivity index (χ3v) is 6.30. The minimum atomic E-state index is -0.163. The average molecular weight is 431 g/mol. The smallest absolute Gasteiger partial charge is 0.231 e. The third-order valence-electron chi connectivity index (χ3n) is 5.41. The van der Waals surface area contributed by atoms with Crippen LogP contribution in [0.25, 0.3) is 10.6 Å². The van der Waals surface area contributed by atoms with Gasteiger partial charge in [0, 0.05) is 31.0 Å². The highest BCUT2D eigenvalue weighted by Gasteiger charge is 2.27. The summed E-state index contributed by atoms with van der Waals surface area (Å²) in [4.78, 5) is 27.0. The number of carbonyl (C=O) groups is 2. The van der Waals surface area contributed by atoms with Crippen LogP contribution in [0, 0.1) is 5.92 Å². The van der Waals surface area contributed by atoms with Gasteiger partial charge >= 0.3 is 0 Å². The summed E-state index contributed by atoms with van der Waals surface area (Å²) in [7, 11) is 0. The van der Waals surface area contributed by atoms with Crippen molar-refractivity contribution in [3.05, 3.63) is 18.2 Å². The van der Waals surface area contributed by atoms with E-state index in [1.165, 1.54) is 11.3 Å². The van der Waals surface area contributed by atoms with Crippen molar-refractivity contribution in [1.82, 2.24) is 15.1 Å². The molecular formula is C21H26N4O4S. The van der Waals surface area contributed by atoms with Gasteiger partial charge in [0.15, 0.2) is 11.5 Å². The summed E-state index contributed by atoms with van der Waals surface area (Å²) in [6.45, 7) is 3.39. The van der Waals surface area contributed by atoms with E-state index in [4.69, 9.17) is 9.47 Å². The second-order valence-electron chi connectivity index (χ2n) is 7.59. The van der Waals surface area contributed by atoms with Crippen molar-refractivity contribution in [3.8, 4) is 22.1 Å². The summed E-state index contributed by atoms with van der Waals surface area (Å²) in [6.07, 6.45) is 5.32. The highest BCUT2D eigenvalue weighted by Crippen LogP contribution is 2.37. The predicted molar refractivity (Wildman–Crippen MR) is 114 cm³/mol. The molecular weight excluding hydrogens is 404 g/mol.